The second kappa shape index (κ2) is 5.45. The van der Waals surface area contributed by atoms with Gasteiger partial charge in [0.1, 0.15) is 0 Å². The van der Waals surface area contributed by atoms with Gasteiger partial charge in [0.2, 0.25) is 0 Å². The van der Waals surface area contributed by atoms with Crippen LogP contribution in [-0.4, -0.2) is 54.3 Å². The molecule has 9 heavy (non-hydrogen) atoms. The zero-order valence-corrected chi connectivity index (χ0v) is 9.80. The van der Waals surface area contributed by atoms with Gasteiger partial charge in [-0.3, -0.25) is 4.55 Å². The molecule has 56 valence electrons. The predicted octanol–water partition coefficient (Wildman–Crippen LogP) is -1.66. The molecule has 0 heterocycles. The van der Waals surface area contributed by atoms with Gasteiger partial charge in [0.25, 0.3) is 10.1 Å². The van der Waals surface area contributed by atoms with Crippen LogP contribution in [0.4, 0.5) is 0 Å². The summed E-state index contributed by atoms with van der Waals surface area (Å²) in [6.45, 7) is -0.209. The molecule has 0 aliphatic carbocycles. The minimum absolute atomic E-state index is 0. The average molecular weight is 261 g/mol. The summed E-state index contributed by atoms with van der Waals surface area (Å²) in [5.41, 5.74) is 0. The molecular formula is C3H10O4SSn. The van der Waals surface area contributed by atoms with Crippen molar-refractivity contribution in [3.63, 3.8) is 0 Å². The molecule has 0 aliphatic heterocycles. The second-order valence-corrected chi connectivity index (χ2v) is 2.94. The Labute approximate surface area is 71.0 Å². The molecule has 4 nitrogen and oxygen atoms in total. The van der Waals surface area contributed by atoms with Crippen LogP contribution >= 0.6 is 0 Å². The van der Waals surface area contributed by atoms with Gasteiger partial charge in [-0.15, -0.1) is 0 Å². The van der Waals surface area contributed by atoms with Crippen molar-refractivity contribution in [3.05, 3.63) is 0 Å². The first-order valence-electron chi connectivity index (χ1n) is 2.12. The Morgan fingerprint density at radius 3 is 1.89 bits per heavy atom. The zero-order valence-electron chi connectivity index (χ0n) is 4.95. The summed E-state index contributed by atoms with van der Waals surface area (Å²) in [5, 5.41) is 8.05. The Kier molecular flexibility index (Phi) is 7.49. The maximum atomic E-state index is 9.83. The molecule has 0 atom stereocenters. The van der Waals surface area contributed by atoms with Crippen molar-refractivity contribution >= 4 is 34.0 Å². The van der Waals surface area contributed by atoms with Gasteiger partial charge in [-0.1, -0.05) is 0 Å². The quantitative estimate of drug-likeness (QED) is 0.471. The molecule has 0 aromatic heterocycles. The molecule has 0 aromatic rings. The Hall–Kier alpha value is 0.669. The van der Waals surface area contributed by atoms with Crippen LogP contribution in [-0.2, 0) is 10.1 Å². The summed E-state index contributed by atoms with van der Waals surface area (Å²) >= 11 is 0. The van der Waals surface area contributed by atoms with Gasteiger partial charge in [0.15, 0.2) is 0 Å². The maximum absolute atomic E-state index is 9.83. The molecule has 2 radical (unpaired) electrons. The Morgan fingerprint density at radius 2 is 1.78 bits per heavy atom. The normalized spacial score (nSPS) is 10.4. The number of hydrogen-bond donors (Lipinski definition) is 2. The standard InChI is InChI=1S/C3H8O4S.Sn.2H/c4-2-1-3-8(5,6)7;;;/h4H,1-3H2,(H,5,6,7);;;. The van der Waals surface area contributed by atoms with Gasteiger partial charge in [0.05, 0.1) is 5.75 Å². The Balaban J connectivity index is 0. The molecule has 0 saturated heterocycles. The predicted molar refractivity (Wildman–Crippen MR) is 36.7 cm³/mol. The number of rotatable bonds is 3. The summed E-state index contributed by atoms with van der Waals surface area (Å²) in [4.78, 5) is 0. The van der Waals surface area contributed by atoms with Crippen LogP contribution in [0.5, 0.6) is 0 Å². The van der Waals surface area contributed by atoms with E-state index in [9.17, 15) is 8.42 Å². The zero-order chi connectivity index (χ0) is 6.62. The van der Waals surface area contributed by atoms with E-state index in [0.717, 1.165) is 0 Å². The van der Waals surface area contributed by atoms with Gasteiger partial charge in [-0.25, -0.2) is 0 Å². The van der Waals surface area contributed by atoms with Gasteiger partial charge >= 0.3 is 23.9 Å². The summed E-state index contributed by atoms with van der Waals surface area (Å²) in [6.07, 6.45) is 0.0961. The summed E-state index contributed by atoms with van der Waals surface area (Å²) in [6, 6.07) is 0. The Bertz CT molecular complexity index is 140. The second-order valence-electron chi connectivity index (χ2n) is 1.36. The van der Waals surface area contributed by atoms with E-state index in [0.29, 0.717) is 0 Å². The topological polar surface area (TPSA) is 74.6 Å². The first-order chi connectivity index (χ1) is 3.56. The molecule has 6 heteroatoms. The van der Waals surface area contributed by atoms with E-state index in [4.69, 9.17) is 9.66 Å². The van der Waals surface area contributed by atoms with E-state index in [1.54, 1.807) is 0 Å². The number of hydrogen-bond acceptors (Lipinski definition) is 3. The van der Waals surface area contributed by atoms with Gasteiger partial charge < -0.3 is 5.11 Å². The summed E-state index contributed by atoms with van der Waals surface area (Å²) in [5.74, 6) is -0.358. The SMILES string of the molecule is O=S(=O)(O)CCCO.[SnH2]. The summed E-state index contributed by atoms with van der Waals surface area (Å²) in [7, 11) is -3.85. The number of aliphatic hydroxyl groups is 1. The van der Waals surface area contributed by atoms with Crippen LogP contribution in [0.1, 0.15) is 6.42 Å². The monoisotopic (exact) mass is 262 g/mol. The third-order valence-electron chi connectivity index (χ3n) is 0.560. The van der Waals surface area contributed by atoms with Crippen molar-refractivity contribution in [1.29, 1.82) is 0 Å². The molecule has 2 N–H and O–H groups in total. The fraction of sp³-hybridized carbons (Fsp3) is 1.00. The molecule has 0 aliphatic rings. The van der Waals surface area contributed by atoms with Gasteiger partial charge in [0, 0.05) is 6.61 Å². The van der Waals surface area contributed by atoms with Crippen LogP contribution in [0.3, 0.4) is 0 Å². The van der Waals surface area contributed by atoms with Crippen LogP contribution < -0.4 is 0 Å². The van der Waals surface area contributed by atoms with Gasteiger partial charge in [-0.2, -0.15) is 8.42 Å². The molecule has 0 fully saturated rings. The van der Waals surface area contributed by atoms with E-state index >= 15 is 0 Å². The molecule has 0 amide bonds. The first-order valence-corrected chi connectivity index (χ1v) is 3.73. The van der Waals surface area contributed by atoms with Crippen molar-refractivity contribution in [2.24, 2.45) is 0 Å². The van der Waals surface area contributed by atoms with Crippen molar-refractivity contribution < 1.29 is 18.1 Å². The van der Waals surface area contributed by atoms with E-state index in [1.807, 2.05) is 0 Å². The number of aliphatic hydroxyl groups excluding tert-OH is 1. The van der Waals surface area contributed by atoms with Crippen LogP contribution in [0.2, 0.25) is 0 Å². The third kappa shape index (κ3) is 12.0. The summed E-state index contributed by atoms with van der Waals surface area (Å²) < 4.78 is 27.7. The molecule has 0 aromatic carbocycles. The Morgan fingerprint density at radius 1 is 1.33 bits per heavy atom. The molecule has 0 spiro atoms. The van der Waals surface area contributed by atoms with Gasteiger partial charge in [-0.05, 0) is 6.42 Å². The van der Waals surface area contributed by atoms with Crippen molar-refractivity contribution in [1.82, 2.24) is 0 Å². The van der Waals surface area contributed by atoms with E-state index < -0.39 is 10.1 Å². The average Bonchev–Trinajstić information content (AvgIpc) is 1.59. The molecule has 0 unspecified atom stereocenters. The molecule has 0 bridgehead atoms. The minimum atomic E-state index is -3.85. The van der Waals surface area contributed by atoms with E-state index in [2.05, 4.69) is 0 Å². The van der Waals surface area contributed by atoms with Crippen LogP contribution in [0.15, 0.2) is 0 Å². The van der Waals surface area contributed by atoms with Crippen LogP contribution in [0.25, 0.3) is 0 Å². The van der Waals surface area contributed by atoms with Crippen molar-refractivity contribution in [2.45, 2.75) is 6.42 Å². The fourth-order valence-corrected chi connectivity index (χ4v) is 0.741. The van der Waals surface area contributed by atoms with E-state index in [1.165, 1.54) is 0 Å². The molecule has 0 rings (SSSR count). The third-order valence-corrected chi connectivity index (χ3v) is 1.36. The molecule has 0 saturated carbocycles. The molecular weight excluding hydrogens is 251 g/mol. The first kappa shape index (κ1) is 12.4. The van der Waals surface area contributed by atoms with Crippen LogP contribution in [0, 0.1) is 0 Å². The fourth-order valence-electron chi connectivity index (χ4n) is 0.247. The van der Waals surface area contributed by atoms with E-state index in [-0.39, 0.29) is 42.7 Å². The van der Waals surface area contributed by atoms with Crippen molar-refractivity contribution in [3.8, 4) is 0 Å². The van der Waals surface area contributed by atoms with Crippen molar-refractivity contribution in [2.75, 3.05) is 12.4 Å².